The number of allylic oxidation sites excluding steroid dienone is 1. The number of fused-ring (bicyclic) bond motifs is 2. The first-order valence-electron chi connectivity index (χ1n) is 12.0. The smallest absolute Gasteiger partial charge is 0.252 e. The van der Waals surface area contributed by atoms with E-state index in [0.29, 0.717) is 29.2 Å². The number of hydrogen-bond donors (Lipinski definition) is 2. The Bertz CT molecular complexity index is 1490. The Hall–Kier alpha value is -4.59. The quantitative estimate of drug-likeness (QED) is 0.375. The number of carbonyl (C=O) groups is 2. The van der Waals surface area contributed by atoms with Crippen molar-refractivity contribution in [2.45, 2.75) is 19.4 Å². The summed E-state index contributed by atoms with van der Waals surface area (Å²) in [6, 6.07) is 16.9. The molecule has 2 aromatic heterocycles. The molecule has 1 aliphatic rings. The van der Waals surface area contributed by atoms with Crippen LogP contribution in [0.5, 0.6) is 11.5 Å². The van der Waals surface area contributed by atoms with Crippen LogP contribution in [0.1, 0.15) is 39.4 Å². The van der Waals surface area contributed by atoms with Crippen LogP contribution in [0, 0.1) is 0 Å². The number of nitrogens with one attached hydrogen (secondary N) is 2. The van der Waals surface area contributed by atoms with E-state index in [1.54, 1.807) is 32.6 Å². The molecule has 0 saturated carbocycles. The Kier molecular flexibility index (Phi) is 6.89. The standard InChI is InChI=1S/C29H27N3O5/c1-35-24-12-9-18(15-25(24)36-2)14-19-10-11-22-27(21-7-3-4-8-23(21)32-28(19)22)29(34)31-17-26(33)30-16-20-6-5-13-37-20/h3-9,12-15H,10-11,16-17H2,1-2H3,(H,30,33)(H,31,34)/b19-14-. The van der Waals surface area contributed by atoms with Crippen molar-refractivity contribution >= 4 is 34.4 Å². The number of furan rings is 1. The molecule has 0 radical (unpaired) electrons. The number of nitrogens with zero attached hydrogens (tertiary/aromatic N) is 1. The van der Waals surface area contributed by atoms with Gasteiger partial charge in [0.05, 0.1) is 50.3 Å². The molecule has 2 heterocycles. The van der Waals surface area contributed by atoms with E-state index in [2.05, 4.69) is 16.7 Å². The van der Waals surface area contributed by atoms with E-state index in [4.69, 9.17) is 18.9 Å². The monoisotopic (exact) mass is 497 g/mol. The highest BCUT2D eigenvalue weighted by atomic mass is 16.5. The van der Waals surface area contributed by atoms with Gasteiger partial charge in [-0.1, -0.05) is 24.3 Å². The number of pyridine rings is 1. The third-order valence-corrected chi connectivity index (χ3v) is 6.37. The Balaban J connectivity index is 1.42. The molecule has 0 unspecified atom stereocenters. The fourth-order valence-electron chi connectivity index (χ4n) is 4.59. The summed E-state index contributed by atoms with van der Waals surface area (Å²) in [5, 5.41) is 6.29. The number of hydrogen-bond acceptors (Lipinski definition) is 6. The Morgan fingerprint density at radius 3 is 2.62 bits per heavy atom. The van der Waals surface area contributed by atoms with Crippen LogP contribution in [0.2, 0.25) is 0 Å². The van der Waals surface area contributed by atoms with Gasteiger partial charge in [-0.2, -0.15) is 0 Å². The number of aromatic nitrogens is 1. The van der Waals surface area contributed by atoms with Crippen molar-refractivity contribution in [2.75, 3.05) is 20.8 Å². The molecule has 2 aromatic carbocycles. The molecule has 0 saturated heterocycles. The number of para-hydroxylation sites is 1. The molecule has 2 N–H and O–H groups in total. The van der Waals surface area contributed by atoms with E-state index in [1.807, 2.05) is 42.5 Å². The maximum atomic E-state index is 13.4. The molecule has 2 amide bonds. The molecule has 8 nitrogen and oxygen atoms in total. The van der Waals surface area contributed by atoms with Crippen LogP contribution in [-0.2, 0) is 17.8 Å². The summed E-state index contributed by atoms with van der Waals surface area (Å²) in [6.45, 7) is 0.124. The normalized spacial score (nSPS) is 13.4. The van der Waals surface area contributed by atoms with E-state index in [0.717, 1.165) is 39.7 Å². The van der Waals surface area contributed by atoms with Crippen molar-refractivity contribution in [1.29, 1.82) is 0 Å². The topological polar surface area (TPSA) is 103 Å². The van der Waals surface area contributed by atoms with Crippen LogP contribution >= 0.6 is 0 Å². The molecule has 0 atom stereocenters. The Morgan fingerprint density at radius 1 is 1.00 bits per heavy atom. The van der Waals surface area contributed by atoms with Gasteiger partial charge in [0.15, 0.2) is 11.5 Å². The predicted octanol–water partition coefficient (Wildman–Crippen LogP) is 4.38. The lowest BCUT2D eigenvalue weighted by atomic mass is 10.00. The highest BCUT2D eigenvalue weighted by Crippen LogP contribution is 2.38. The van der Waals surface area contributed by atoms with E-state index in [1.165, 1.54) is 0 Å². The number of ether oxygens (including phenoxy) is 2. The molecule has 0 spiro atoms. The molecule has 4 aromatic rings. The first-order chi connectivity index (χ1) is 18.1. The lowest BCUT2D eigenvalue weighted by Crippen LogP contribution is -2.37. The highest BCUT2D eigenvalue weighted by molar-refractivity contribution is 6.10. The van der Waals surface area contributed by atoms with E-state index >= 15 is 0 Å². The van der Waals surface area contributed by atoms with Crippen molar-refractivity contribution in [3.63, 3.8) is 0 Å². The van der Waals surface area contributed by atoms with Crippen LogP contribution in [0.3, 0.4) is 0 Å². The fraction of sp³-hybridized carbons (Fsp3) is 0.207. The third kappa shape index (κ3) is 5.04. The van der Waals surface area contributed by atoms with Gasteiger partial charge in [-0.25, -0.2) is 4.98 Å². The SMILES string of the molecule is COc1ccc(/C=C2/CCc3c2nc2ccccc2c3C(=O)NCC(=O)NCc2ccco2)cc1OC. The van der Waals surface area contributed by atoms with Crippen LogP contribution in [0.15, 0.2) is 65.3 Å². The van der Waals surface area contributed by atoms with E-state index in [-0.39, 0.29) is 24.9 Å². The number of methoxy groups -OCH3 is 2. The van der Waals surface area contributed by atoms with Gasteiger partial charge in [0, 0.05) is 5.39 Å². The fourth-order valence-corrected chi connectivity index (χ4v) is 4.59. The van der Waals surface area contributed by atoms with Crippen molar-refractivity contribution in [3.8, 4) is 11.5 Å². The second kappa shape index (κ2) is 10.6. The summed E-state index contributed by atoms with van der Waals surface area (Å²) in [5.41, 5.74) is 4.98. The van der Waals surface area contributed by atoms with Crippen LogP contribution < -0.4 is 20.1 Å². The van der Waals surface area contributed by atoms with Crippen molar-refractivity contribution in [3.05, 3.63) is 89.0 Å². The van der Waals surface area contributed by atoms with Gasteiger partial charge < -0.3 is 24.5 Å². The second-order valence-corrected chi connectivity index (χ2v) is 8.65. The predicted molar refractivity (Wildman–Crippen MR) is 140 cm³/mol. The summed E-state index contributed by atoms with van der Waals surface area (Å²) < 4.78 is 16.0. The summed E-state index contributed by atoms with van der Waals surface area (Å²) in [6.07, 6.45) is 5.04. The van der Waals surface area contributed by atoms with E-state index in [9.17, 15) is 9.59 Å². The molecule has 5 rings (SSSR count). The lowest BCUT2D eigenvalue weighted by Gasteiger charge is -2.13. The van der Waals surface area contributed by atoms with Crippen molar-refractivity contribution in [1.82, 2.24) is 15.6 Å². The first-order valence-corrected chi connectivity index (χ1v) is 12.0. The number of amides is 2. The van der Waals surface area contributed by atoms with Gasteiger partial charge in [0.25, 0.3) is 5.91 Å². The zero-order chi connectivity index (χ0) is 25.8. The Labute approximate surface area is 214 Å². The maximum absolute atomic E-state index is 13.4. The zero-order valence-electron chi connectivity index (χ0n) is 20.7. The molecular weight excluding hydrogens is 470 g/mol. The number of rotatable bonds is 8. The van der Waals surface area contributed by atoms with Gasteiger partial charge in [0.2, 0.25) is 5.91 Å². The second-order valence-electron chi connectivity index (χ2n) is 8.65. The van der Waals surface area contributed by atoms with Crippen LogP contribution in [0.4, 0.5) is 0 Å². The minimum Gasteiger partial charge on any atom is -0.493 e. The molecule has 0 bridgehead atoms. The van der Waals surface area contributed by atoms with Gasteiger partial charge in [-0.15, -0.1) is 0 Å². The largest absolute Gasteiger partial charge is 0.493 e. The highest BCUT2D eigenvalue weighted by Gasteiger charge is 2.27. The summed E-state index contributed by atoms with van der Waals surface area (Å²) in [4.78, 5) is 30.6. The summed E-state index contributed by atoms with van der Waals surface area (Å²) >= 11 is 0. The Morgan fingerprint density at radius 2 is 1.84 bits per heavy atom. The molecule has 37 heavy (non-hydrogen) atoms. The van der Waals surface area contributed by atoms with Crippen LogP contribution in [0.25, 0.3) is 22.6 Å². The van der Waals surface area contributed by atoms with Crippen molar-refractivity contribution in [2.24, 2.45) is 0 Å². The number of carbonyl (C=O) groups excluding carboxylic acids is 2. The lowest BCUT2D eigenvalue weighted by molar-refractivity contribution is -0.120. The van der Waals surface area contributed by atoms with Gasteiger partial charge >= 0.3 is 0 Å². The molecule has 8 heteroatoms. The number of benzene rings is 2. The van der Waals surface area contributed by atoms with Gasteiger partial charge in [0.1, 0.15) is 5.76 Å². The zero-order valence-corrected chi connectivity index (χ0v) is 20.7. The average molecular weight is 498 g/mol. The minimum atomic E-state index is -0.297. The van der Waals surface area contributed by atoms with Crippen molar-refractivity contribution < 1.29 is 23.5 Å². The third-order valence-electron chi connectivity index (χ3n) is 6.37. The molecule has 188 valence electrons. The first kappa shape index (κ1) is 24.1. The summed E-state index contributed by atoms with van der Waals surface area (Å²) in [5.74, 6) is 1.36. The molecule has 0 aliphatic heterocycles. The van der Waals surface area contributed by atoms with E-state index < -0.39 is 0 Å². The van der Waals surface area contributed by atoms with Gasteiger partial charge in [-0.05, 0) is 65.9 Å². The average Bonchev–Trinajstić information content (AvgIpc) is 3.59. The summed E-state index contributed by atoms with van der Waals surface area (Å²) in [7, 11) is 3.21. The molecular formula is C29H27N3O5. The molecule has 1 aliphatic carbocycles. The maximum Gasteiger partial charge on any atom is 0.252 e. The van der Waals surface area contributed by atoms with Gasteiger partial charge in [-0.3, -0.25) is 9.59 Å². The van der Waals surface area contributed by atoms with Crippen LogP contribution in [-0.4, -0.2) is 37.6 Å². The molecule has 0 fully saturated rings. The minimum absolute atomic E-state index is 0.140.